The van der Waals surface area contributed by atoms with Crippen molar-refractivity contribution in [3.8, 4) is 0 Å². The topological polar surface area (TPSA) is 64.3 Å². The minimum absolute atomic E-state index is 0.164. The van der Waals surface area contributed by atoms with Crippen molar-refractivity contribution < 1.29 is 9.53 Å². The van der Waals surface area contributed by atoms with Gasteiger partial charge in [-0.2, -0.15) is 0 Å². The van der Waals surface area contributed by atoms with Crippen molar-refractivity contribution in [3.05, 3.63) is 29.8 Å². The normalized spacial score (nSPS) is 23.3. The molecule has 4 nitrogen and oxygen atoms in total. The lowest BCUT2D eigenvalue weighted by atomic mass is 9.96. The Labute approximate surface area is 114 Å². The van der Waals surface area contributed by atoms with E-state index < -0.39 is 5.41 Å². The van der Waals surface area contributed by atoms with E-state index in [0.717, 1.165) is 18.7 Å². The van der Waals surface area contributed by atoms with E-state index in [1.165, 1.54) is 5.56 Å². The van der Waals surface area contributed by atoms with E-state index in [4.69, 9.17) is 10.5 Å². The van der Waals surface area contributed by atoms with Gasteiger partial charge in [0.05, 0.1) is 5.41 Å². The molecule has 1 heterocycles. The average Bonchev–Trinajstić information content (AvgIpc) is 2.77. The van der Waals surface area contributed by atoms with E-state index >= 15 is 0 Å². The third-order valence-corrected chi connectivity index (χ3v) is 3.36. The highest BCUT2D eigenvalue weighted by atomic mass is 16.6. The first kappa shape index (κ1) is 13.9. The molecule has 104 valence electrons. The van der Waals surface area contributed by atoms with Crippen LogP contribution >= 0.6 is 0 Å². The van der Waals surface area contributed by atoms with Crippen LogP contribution in [0.25, 0.3) is 0 Å². The van der Waals surface area contributed by atoms with Crippen LogP contribution in [0.4, 0.5) is 5.69 Å². The summed E-state index contributed by atoms with van der Waals surface area (Å²) in [4.78, 5) is 11.8. The third-order valence-electron chi connectivity index (χ3n) is 3.36. The predicted octanol–water partition coefficient (Wildman–Crippen LogP) is 2.26. The summed E-state index contributed by atoms with van der Waals surface area (Å²) in [6.45, 7) is 6.41. The second kappa shape index (κ2) is 5.21. The molecule has 1 fully saturated rings. The van der Waals surface area contributed by atoms with Crippen LogP contribution in [0.1, 0.15) is 38.7 Å². The minimum Gasteiger partial charge on any atom is -0.446 e. The number of hydrogen-bond acceptors (Lipinski definition) is 4. The maximum Gasteiger partial charge on any atom is 0.312 e. The van der Waals surface area contributed by atoms with Gasteiger partial charge in [-0.15, -0.1) is 0 Å². The van der Waals surface area contributed by atoms with Gasteiger partial charge in [-0.3, -0.25) is 10.1 Å². The fourth-order valence-corrected chi connectivity index (χ4v) is 2.12. The van der Waals surface area contributed by atoms with Gasteiger partial charge >= 0.3 is 5.97 Å². The minimum atomic E-state index is -0.457. The number of nitrogen functional groups attached to an aromatic ring is 1. The Morgan fingerprint density at radius 2 is 1.95 bits per heavy atom. The number of nitrogens with two attached hydrogens (primary N) is 1. The quantitative estimate of drug-likeness (QED) is 0.634. The van der Waals surface area contributed by atoms with E-state index in [0.29, 0.717) is 5.92 Å². The largest absolute Gasteiger partial charge is 0.446 e. The molecule has 19 heavy (non-hydrogen) atoms. The van der Waals surface area contributed by atoms with E-state index in [2.05, 4.69) is 5.32 Å². The monoisotopic (exact) mass is 262 g/mol. The Kier molecular flexibility index (Phi) is 3.80. The molecule has 1 aliphatic rings. The first-order valence-electron chi connectivity index (χ1n) is 6.66. The van der Waals surface area contributed by atoms with Gasteiger partial charge < -0.3 is 10.5 Å². The molecule has 2 atom stereocenters. The van der Waals surface area contributed by atoms with Crippen molar-refractivity contribution in [3.63, 3.8) is 0 Å². The molecule has 0 saturated carbocycles. The fourth-order valence-electron chi connectivity index (χ4n) is 2.12. The van der Waals surface area contributed by atoms with Crippen molar-refractivity contribution in [2.75, 3.05) is 12.3 Å². The van der Waals surface area contributed by atoms with Crippen molar-refractivity contribution in [1.82, 2.24) is 5.32 Å². The van der Waals surface area contributed by atoms with E-state index in [-0.39, 0.29) is 12.2 Å². The van der Waals surface area contributed by atoms with Crippen molar-refractivity contribution in [2.45, 2.75) is 39.3 Å². The molecule has 1 aromatic carbocycles. The summed E-state index contributed by atoms with van der Waals surface area (Å²) in [5.41, 5.74) is 7.23. The summed E-state index contributed by atoms with van der Waals surface area (Å²) in [7, 11) is 0. The molecule has 2 rings (SSSR count). The van der Waals surface area contributed by atoms with Gasteiger partial charge in [-0.05, 0) is 38.5 Å². The molecule has 1 aliphatic heterocycles. The number of nitrogens with one attached hydrogen (secondary N) is 1. The summed E-state index contributed by atoms with van der Waals surface area (Å²) in [6, 6.07) is 7.89. The molecule has 0 spiro atoms. The van der Waals surface area contributed by atoms with Gasteiger partial charge in [0.25, 0.3) is 0 Å². The van der Waals surface area contributed by atoms with Crippen LogP contribution in [-0.4, -0.2) is 18.7 Å². The van der Waals surface area contributed by atoms with Gasteiger partial charge in [0.15, 0.2) is 6.23 Å². The highest BCUT2D eigenvalue weighted by Gasteiger charge is 2.31. The second-order valence-corrected chi connectivity index (χ2v) is 6.15. The van der Waals surface area contributed by atoms with E-state index in [1.807, 2.05) is 45.0 Å². The Morgan fingerprint density at radius 3 is 2.53 bits per heavy atom. The van der Waals surface area contributed by atoms with E-state index in [9.17, 15) is 4.79 Å². The molecule has 0 aromatic heterocycles. The molecule has 1 aromatic rings. The van der Waals surface area contributed by atoms with Gasteiger partial charge in [0.1, 0.15) is 0 Å². The summed E-state index contributed by atoms with van der Waals surface area (Å²) in [5.74, 6) is 0.210. The zero-order valence-corrected chi connectivity index (χ0v) is 11.8. The lowest BCUT2D eigenvalue weighted by molar-refractivity contribution is -0.159. The average molecular weight is 262 g/mol. The number of rotatable bonds is 2. The smallest absolute Gasteiger partial charge is 0.312 e. The molecule has 1 saturated heterocycles. The Bertz CT molecular complexity index is 448. The lowest BCUT2D eigenvalue weighted by Crippen LogP contribution is -2.33. The zero-order chi connectivity index (χ0) is 14.0. The number of benzene rings is 1. The molecule has 0 bridgehead atoms. The van der Waals surface area contributed by atoms with Crippen molar-refractivity contribution >= 4 is 11.7 Å². The second-order valence-electron chi connectivity index (χ2n) is 6.15. The number of carbonyl (C=O) groups excluding carboxylic acids is 1. The first-order valence-corrected chi connectivity index (χ1v) is 6.66. The van der Waals surface area contributed by atoms with Crippen molar-refractivity contribution in [2.24, 2.45) is 5.41 Å². The third kappa shape index (κ3) is 3.47. The lowest BCUT2D eigenvalue weighted by Gasteiger charge is -2.20. The summed E-state index contributed by atoms with van der Waals surface area (Å²) in [6.07, 6.45) is 0.625. The molecule has 0 radical (unpaired) electrons. The number of esters is 1. The van der Waals surface area contributed by atoms with Gasteiger partial charge in [-0.25, -0.2) is 0 Å². The Hall–Kier alpha value is -1.55. The fraction of sp³-hybridized carbons (Fsp3) is 0.533. The maximum atomic E-state index is 11.8. The van der Waals surface area contributed by atoms with Crippen LogP contribution in [0.2, 0.25) is 0 Å². The van der Waals surface area contributed by atoms with E-state index in [1.54, 1.807) is 0 Å². The molecule has 0 amide bonds. The highest BCUT2D eigenvalue weighted by Crippen LogP contribution is 2.28. The van der Waals surface area contributed by atoms with Crippen LogP contribution in [0.5, 0.6) is 0 Å². The van der Waals surface area contributed by atoms with Crippen molar-refractivity contribution in [1.29, 1.82) is 0 Å². The Morgan fingerprint density at radius 1 is 1.32 bits per heavy atom. The molecule has 4 heteroatoms. The van der Waals surface area contributed by atoms with Gasteiger partial charge in [-0.1, -0.05) is 12.1 Å². The van der Waals surface area contributed by atoms with Crippen LogP contribution < -0.4 is 11.1 Å². The SMILES string of the molecule is CC(C)(C)C(=O)O[C@@H]1C[C@H](c2ccc(N)cc2)CN1. The summed E-state index contributed by atoms with van der Waals surface area (Å²) >= 11 is 0. The molecule has 0 aliphatic carbocycles. The van der Waals surface area contributed by atoms with Crippen LogP contribution in [0, 0.1) is 5.41 Å². The summed E-state index contributed by atoms with van der Waals surface area (Å²) in [5, 5.41) is 3.25. The first-order chi connectivity index (χ1) is 8.86. The molecular weight excluding hydrogens is 240 g/mol. The highest BCUT2D eigenvalue weighted by molar-refractivity contribution is 5.75. The predicted molar refractivity (Wildman–Crippen MR) is 75.6 cm³/mol. The van der Waals surface area contributed by atoms with Crippen LogP contribution in [-0.2, 0) is 9.53 Å². The maximum absolute atomic E-state index is 11.8. The van der Waals surface area contributed by atoms with Gasteiger partial charge in [0, 0.05) is 24.6 Å². The summed E-state index contributed by atoms with van der Waals surface area (Å²) < 4.78 is 5.48. The van der Waals surface area contributed by atoms with Crippen LogP contribution in [0.15, 0.2) is 24.3 Å². The van der Waals surface area contributed by atoms with Gasteiger partial charge in [0.2, 0.25) is 0 Å². The molecule has 3 N–H and O–H groups in total. The number of ether oxygens (including phenoxy) is 1. The Balaban J connectivity index is 1.93. The molecule has 0 unspecified atom stereocenters. The number of anilines is 1. The standard InChI is InChI=1S/C15H22N2O2/c1-15(2,3)14(18)19-13-8-11(9-17-13)10-4-6-12(16)7-5-10/h4-7,11,13,17H,8-9,16H2,1-3H3/t11-,13+/m0/s1. The number of hydrogen-bond donors (Lipinski definition) is 2. The zero-order valence-electron chi connectivity index (χ0n) is 11.8. The number of carbonyl (C=O) groups is 1. The van der Waals surface area contributed by atoms with Crippen LogP contribution in [0.3, 0.4) is 0 Å². The molecular formula is C15H22N2O2.